The van der Waals surface area contributed by atoms with Crippen molar-refractivity contribution in [1.82, 2.24) is 5.32 Å². The Labute approximate surface area is 117 Å². The molecule has 1 nitrogen and oxygen atoms in total. The Morgan fingerprint density at radius 3 is 2.82 bits per heavy atom. The predicted molar refractivity (Wildman–Crippen MR) is 79.4 cm³/mol. The normalized spacial score (nSPS) is 25.4. The molecule has 3 heteroatoms. The molecule has 0 radical (unpaired) electrons. The van der Waals surface area contributed by atoms with Crippen molar-refractivity contribution < 1.29 is 0 Å². The molecule has 0 aromatic carbocycles. The summed E-state index contributed by atoms with van der Waals surface area (Å²) in [5.74, 6) is 1.67. The van der Waals surface area contributed by atoms with E-state index in [-0.39, 0.29) is 0 Å². The third-order valence-corrected chi connectivity index (χ3v) is 5.42. The van der Waals surface area contributed by atoms with Crippen molar-refractivity contribution >= 4 is 27.3 Å². The minimum Gasteiger partial charge on any atom is -0.310 e. The molecule has 1 N–H and O–H groups in total. The summed E-state index contributed by atoms with van der Waals surface area (Å²) in [6, 6.07) is 2.95. The van der Waals surface area contributed by atoms with Crippen molar-refractivity contribution in [1.29, 1.82) is 0 Å². The second-order valence-corrected chi connectivity index (χ2v) is 7.73. The van der Waals surface area contributed by atoms with Crippen LogP contribution < -0.4 is 5.32 Å². The van der Waals surface area contributed by atoms with Crippen LogP contribution in [0.3, 0.4) is 0 Å². The van der Waals surface area contributed by atoms with Gasteiger partial charge in [0.15, 0.2) is 0 Å². The number of nitrogens with one attached hydrogen (secondary N) is 1. The summed E-state index contributed by atoms with van der Waals surface area (Å²) in [6.07, 6.45) is 5.58. The van der Waals surface area contributed by atoms with E-state index in [4.69, 9.17) is 0 Å². The topological polar surface area (TPSA) is 12.0 Å². The van der Waals surface area contributed by atoms with E-state index < -0.39 is 0 Å². The fourth-order valence-electron chi connectivity index (χ4n) is 2.90. The van der Waals surface area contributed by atoms with E-state index in [0.29, 0.717) is 0 Å². The van der Waals surface area contributed by atoms with Gasteiger partial charge in [0, 0.05) is 12.6 Å². The maximum absolute atomic E-state index is 3.77. The lowest BCUT2D eigenvalue weighted by Gasteiger charge is -2.35. The van der Waals surface area contributed by atoms with E-state index in [1.165, 1.54) is 35.0 Å². The molecular formula is C14H22BrNS. The maximum Gasteiger partial charge on any atom is 0.0701 e. The minimum atomic E-state index is 0.724. The third-order valence-electron chi connectivity index (χ3n) is 3.87. The molecule has 0 saturated heterocycles. The monoisotopic (exact) mass is 315 g/mol. The van der Waals surface area contributed by atoms with E-state index in [1.54, 1.807) is 11.3 Å². The molecule has 1 fully saturated rings. The Balaban J connectivity index is 1.88. The van der Waals surface area contributed by atoms with Crippen LogP contribution in [0.4, 0.5) is 0 Å². The van der Waals surface area contributed by atoms with E-state index in [0.717, 1.165) is 24.4 Å². The van der Waals surface area contributed by atoms with Crippen LogP contribution in [-0.2, 0) is 6.54 Å². The molecule has 2 unspecified atom stereocenters. The van der Waals surface area contributed by atoms with Crippen LogP contribution in [0.2, 0.25) is 0 Å². The summed E-state index contributed by atoms with van der Waals surface area (Å²) in [7, 11) is 0. The smallest absolute Gasteiger partial charge is 0.0701 e. The highest BCUT2D eigenvalue weighted by atomic mass is 79.9. The average Bonchev–Trinajstić information content (AvgIpc) is 2.73. The Kier molecular flexibility index (Phi) is 5.07. The number of rotatable bonds is 4. The molecule has 0 spiro atoms. The zero-order valence-electron chi connectivity index (χ0n) is 10.7. The van der Waals surface area contributed by atoms with E-state index in [1.807, 2.05) is 0 Å². The highest BCUT2D eigenvalue weighted by Gasteiger charge is 2.26. The van der Waals surface area contributed by atoms with Crippen LogP contribution in [-0.4, -0.2) is 6.04 Å². The van der Waals surface area contributed by atoms with Crippen LogP contribution in [0, 0.1) is 11.8 Å². The van der Waals surface area contributed by atoms with Crippen molar-refractivity contribution in [2.45, 2.75) is 52.1 Å². The van der Waals surface area contributed by atoms with Gasteiger partial charge in [-0.05, 0) is 57.6 Å². The molecule has 0 aliphatic heterocycles. The summed E-state index contributed by atoms with van der Waals surface area (Å²) >= 11 is 5.30. The van der Waals surface area contributed by atoms with Crippen LogP contribution in [0.1, 0.15) is 45.1 Å². The first-order valence-electron chi connectivity index (χ1n) is 6.63. The highest BCUT2D eigenvalue weighted by Crippen LogP contribution is 2.30. The summed E-state index contributed by atoms with van der Waals surface area (Å²) < 4.78 is 1.23. The van der Waals surface area contributed by atoms with Gasteiger partial charge in [0.1, 0.15) is 0 Å². The summed E-state index contributed by atoms with van der Waals surface area (Å²) in [5.41, 5.74) is 1.41. The zero-order chi connectivity index (χ0) is 12.3. The largest absolute Gasteiger partial charge is 0.310 e. The van der Waals surface area contributed by atoms with Crippen molar-refractivity contribution in [2.24, 2.45) is 11.8 Å². The van der Waals surface area contributed by atoms with E-state index >= 15 is 0 Å². The number of hydrogen-bond donors (Lipinski definition) is 1. The first-order valence-corrected chi connectivity index (χ1v) is 8.30. The Morgan fingerprint density at radius 1 is 1.41 bits per heavy atom. The van der Waals surface area contributed by atoms with E-state index in [2.05, 4.69) is 46.5 Å². The van der Waals surface area contributed by atoms with Gasteiger partial charge in [-0.1, -0.05) is 26.7 Å². The summed E-state index contributed by atoms with van der Waals surface area (Å²) in [4.78, 5) is 0. The van der Waals surface area contributed by atoms with Crippen LogP contribution in [0.25, 0.3) is 0 Å². The van der Waals surface area contributed by atoms with Crippen LogP contribution >= 0.6 is 27.3 Å². The molecule has 17 heavy (non-hydrogen) atoms. The van der Waals surface area contributed by atoms with Gasteiger partial charge in [0.05, 0.1) is 3.79 Å². The van der Waals surface area contributed by atoms with Gasteiger partial charge in [-0.15, -0.1) is 11.3 Å². The lowest BCUT2D eigenvalue weighted by Crippen LogP contribution is -2.40. The standard InChI is InChI=1S/C14H22BrNS/c1-10(2)12-5-3-4-6-13(12)16-8-11-7-14(15)17-9-11/h7,9-10,12-13,16H,3-6,8H2,1-2H3. The maximum atomic E-state index is 3.77. The molecule has 2 rings (SSSR count). The number of halogens is 1. The molecule has 0 bridgehead atoms. The quantitative estimate of drug-likeness (QED) is 0.840. The third kappa shape index (κ3) is 3.80. The molecule has 1 aliphatic rings. The van der Waals surface area contributed by atoms with Gasteiger partial charge in [-0.25, -0.2) is 0 Å². The molecule has 1 saturated carbocycles. The number of hydrogen-bond acceptors (Lipinski definition) is 2. The van der Waals surface area contributed by atoms with Crippen molar-refractivity contribution in [2.75, 3.05) is 0 Å². The van der Waals surface area contributed by atoms with Crippen LogP contribution in [0.15, 0.2) is 15.2 Å². The molecule has 2 atom stereocenters. The van der Waals surface area contributed by atoms with Crippen molar-refractivity contribution in [3.05, 3.63) is 20.8 Å². The second kappa shape index (κ2) is 6.35. The first-order chi connectivity index (χ1) is 8.16. The van der Waals surface area contributed by atoms with Crippen LogP contribution in [0.5, 0.6) is 0 Å². The first kappa shape index (κ1) is 13.6. The Bertz CT molecular complexity index is 348. The molecule has 0 amide bonds. The minimum absolute atomic E-state index is 0.724. The fourth-order valence-corrected chi connectivity index (χ4v) is 4.11. The Hall–Kier alpha value is 0.140. The number of thiophene rings is 1. The lowest BCUT2D eigenvalue weighted by molar-refractivity contribution is 0.205. The summed E-state index contributed by atoms with van der Waals surface area (Å²) in [6.45, 7) is 5.76. The second-order valence-electron chi connectivity index (χ2n) is 5.44. The molecule has 1 aromatic rings. The molecule has 96 valence electrons. The Morgan fingerprint density at radius 2 is 2.18 bits per heavy atom. The van der Waals surface area contributed by atoms with Gasteiger partial charge in [0.25, 0.3) is 0 Å². The SMILES string of the molecule is CC(C)C1CCCCC1NCc1csc(Br)c1. The average molecular weight is 316 g/mol. The van der Waals surface area contributed by atoms with E-state index in [9.17, 15) is 0 Å². The zero-order valence-corrected chi connectivity index (χ0v) is 13.1. The predicted octanol–water partition coefficient (Wildman–Crippen LogP) is 4.82. The fraction of sp³-hybridized carbons (Fsp3) is 0.714. The molecule has 1 aliphatic carbocycles. The molecular weight excluding hydrogens is 294 g/mol. The molecule has 1 heterocycles. The highest BCUT2D eigenvalue weighted by molar-refractivity contribution is 9.11. The lowest BCUT2D eigenvalue weighted by atomic mass is 9.78. The van der Waals surface area contributed by atoms with Gasteiger partial charge in [-0.2, -0.15) is 0 Å². The van der Waals surface area contributed by atoms with Gasteiger partial charge >= 0.3 is 0 Å². The molecule has 1 aromatic heterocycles. The van der Waals surface area contributed by atoms with Gasteiger partial charge < -0.3 is 5.32 Å². The van der Waals surface area contributed by atoms with Gasteiger partial charge in [-0.3, -0.25) is 0 Å². The van der Waals surface area contributed by atoms with Crippen molar-refractivity contribution in [3.63, 3.8) is 0 Å². The summed E-state index contributed by atoms with van der Waals surface area (Å²) in [5, 5.41) is 6.01. The van der Waals surface area contributed by atoms with Gasteiger partial charge in [0.2, 0.25) is 0 Å². The van der Waals surface area contributed by atoms with Crippen molar-refractivity contribution in [3.8, 4) is 0 Å².